The van der Waals surface area contributed by atoms with Gasteiger partial charge in [0.25, 0.3) is 0 Å². The number of carbonyl (C=O) groups is 1. The standard InChI is InChI=1S/C31H29F6N7O4/c1-14-25(15(2)42-41-14)18-7-22(27(47-4)38-9-18)23-10-39-28(43-11-21(45)12-43)40-24(23)13-44-16(3)26(48-29(44)46)17-5-19(30(32,33)34)8-20(6-17)31(35,36)37/h5-10,16,21,26,45H,11-13H2,1-4H3,(H,41,42). The van der Waals surface area contributed by atoms with Gasteiger partial charge in [0, 0.05) is 53.4 Å². The van der Waals surface area contributed by atoms with Crippen molar-refractivity contribution in [3.8, 4) is 28.1 Å². The second-order valence-electron chi connectivity index (χ2n) is 11.7. The molecule has 0 bridgehead atoms. The Morgan fingerprint density at radius 2 is 1.67 bits per heavy atom. The molecule has 1 amide bonds. The highest BCUT2D eigenvalue weighted by Gasteiger charge is 2.44. The molecule has 2 unspecified atom stereocenters. The number of nitrogens with one attached hydrogen (secondary N) is 1. The number of aliphatic hydroxyl groups excluding tert-OH is 1. The topological polar surface area (TPSA) is 130 Å². The fraction of sp³-hybridized carbons (Fsp3) is 0.387. The number of β-amino-alcohol motifs (C(OH)–C–C–N with tert-alkyl or cyclic N) is 1. The monoisotopic (exact) mass is 677 g/mol. The van der Waals surface area contributed by atoms with Gasteiger partial charge in [0.1, 0.15) is 6.10 Å². The van der Waals surface area contributed by atoms with Crippen LogP contribution in [-0.2, 0) is 23.6 Å². The van der Waals surface area contributed by atoms with Gasteiger partial charge in [-0.25, -0.2) is 19.7 Å². The Labute approximate surface area is 269 Å². The number of nitrogens with zero attached hydrogens (tertiary/aromatic N) is 6. The van der Waals surface area contributed by atoms with Crippen LogP contribution in [0, 0.1) is 13.8 Å². The Balaban J connectivity index is 1.41. The number of pyridine rings is 1. The first-order valence-electron chi connectivity index (χ1n) is 14.7. The van der Waals surface area contributed by atoms with Gasteiger partial charge in [0.2, 0.25) is 11.8 Å². The van der Waals surface area contributed by atoms with E-state index in [1.54, 1.807) is 17.2 Å². The predicted octanol–water partition coefficient (Wildman–Crippen LogP) is 5.85. The molecule has 3 aromatic heterocycles. The number of aryl methyl sites for hydroxylation is 2. The first kappa shape index (κ1) is 33.0. The number of ether oxygens (including phenoxy) is 2. The molecule has 0 radical (unpaired) electrons. The Morgan fingerprint density at radius 3 is 2.23 bits per heavy atom. The van der Waals surface area contributed by atoms with E-state index in [0.717, 1.165) is 17.0 Å². The molecular weight excluding hydrogens is 648 g/mol. The van der Waals surface area contributed by atoms with Crippen LogP contribution in [0.15, 0.2) is 36.7 Å². The van der Waals surface area contributed by atoms with Gasteiger partial charge in [-0.05, 0) is 50.6 Å². The minimum Gasteiger partial charge on any atom is -0.481 e. The highest BCUT2D eigenvalue weighted by atomic mass is 19.4. The number of H-pyrrole nitrogens is 1. The number of hydrogen-bond donors (Lipinski definition) is 2. The zero-order chi connectivity index (χ0) is 34.7. The van der Waals surface area contributed by atoms with Crippen molar-refractivity contribution in [2.45, 2.75) is 57.9 Å². The highest BCUT2D eigenvalue weighted by molar-refractivity contribution is 5.79. The molecule has 2 aliphatic heterocycles. The van der Waals surface area contributed by atoms with Gasteiger partial charge >= 0.3 is 18.4 Å². The first-order chi connectivity index (χ1) is 22.5. The van der Waals surface area contributed by atoms with Gasteiger partial charge in [-0.1, -0.05) is 0 Å². The number of halogens is 6. The minimum atomic E-state index is -5.08. The maximum Gasteiger partial charge on any atom is 0.416 e. The molecule has 2 saturated heterocycles. The van der Waals surface area contributed by atoms with Crippen LogP contribution in [0.1, 0.15) is 46.8 Å². The van der Waals surface area contributed by atoms with E-state index in [1.165, 1.54) is 25.1 Å². The van der Waals surface area contributed by atoms with Crippen LogP contribution in [0.3, 0.4) is 0 Å². The van der Waals surface area contributed by atoms with E-state index >= 15 is 0 Å². The summed E-state index contributed by atoms with van der Waals surface area (Å²) >= 11 is 0. The summed E-state index contributed by atoms with van der Waals surface area (Å²) in [7, 11) is 1.42. The van der Waals surface area contributed by atoms with Crippen molar-refractivity contribution < 1.29 is 45.7 Å². The zero-order valence-electron chi connectivity index (χ0n) is 25.9. The Hall–Kier alpha value is -4.93. The number of alkyl halides is 6. The van der Waals surface area contributed by atoms with E-state index in [-0.39, 0.29) is 43.2 Å². The van der Waals surface area contributed by atoms with Crippen molar-refractivity contribution >= 4 is 12.0 Å². The van der Waals surface area contributed by atoms with E-state index in [4.69, 9.17) is 9.47 Å². The fourth-order valence-corrected chi connectivity index (χ4v) is 5.91. The molecule has 6 rings (SSSR count). The third-order valence-corrected chi connectivity index (χ3v) is 8.40. The number of carbonyl (C=O) groups excluding carboxylic acids is 1. The average molecular weight is 678 g/mol. The van der Waals surface area contributed by atoms with Crippen LogP contribution < -0.4 is 9.64 Å². The van der Waals surface area contributed by atoms with Gasteiger partial charge in [0.15, 0.2) is 0 Å². The maximum atomic E-state index is 13.6. The summed E-state index contributed by atoms with van der Waals surface area (Å²) in [5.74, 6) is 0.446. The van der Waals surface area contributed by atoms with Crippen LogP contribution in [0.2, 0.25) is 0 Å². The number of aliphatic hydroxyl groups is 1. The molecule has 2 N–H and O–H groups in total. The summed E-state index contributed by atoms with van der Waals surface area (Å²) in [5, 5.41) is 17.0. The van der Waals surface area contributed by atoms with Gasteiger partial charge in [-0.15, -0.1) is 0 Å². The smallest absolute Gasteiger partial charge is 0.416 e. The van der Waals surface area contributed by atoms with Crippen LogP contribution in [0.4, 0.5) is 37.1 Å². The summed E-state index contributed by atoms with van der Waals surface area (Å²) in [6.07, 6.45) is -10.0. The summed E-state index contributed by atoms with van der Waals surface area (Å²) in [5.41, 5.74) is 0.622. The van der Waals surface area contributed by atoms with Gasteiger partial charge in [0.05, 0.1) is 48.3 Å². The molecule has 17 heteroatoms. The molecule has 5 heterocycles. The summed E-state index contributed by atoms with van der Waals surface area (Å²) in [6, 6.07) is 1.91. The van der Waals surface area contributed by atoms with Crippen molar-refractivity contribution in [2.24, 2.45) is 0 Å². The van der Waals surface area contributed by atoms with Crippen molar-refractivity contribution in [3.63, 3.8) is 0 Å². The molecule has 0 saturated carbocycles. The molecule has 11 nitrogen and oxygen atoms in total. The van der Waals surface area contributed by atoms with E-state index < -0.39 is 53.4 Å². The number of cyclic esters (lactones) is 1. The molecule has 1 aromatic carbocycles. The number of aromatic amines is 1. The SMILES string of the molecule is COc1ncc(-c2c(C)n[nH]c2C)cc1-c1cnc(N2CC(O)C2)nc1CN1C(=O)OC(c2cc(C(F)(F)F)cc(C(F)(F)F)c2)C1C. The van der Waals surface area contributed by atoms with Crippen LogP contribution >= 0.6 is 0 Å². The molecule has 2 fully saturated rings. The average Bonchev–Trinajstić information content (AvgIpc) is 3.50. The van der Waals surface area contributed by atoms with E-state index in [0.29, 0.717) is 28.8 Å². The molecule has 2 atom stereocenters. The lowest BCUT2D eigenvalue weighted by Crippen LogP contribution is -2.51. The second kappa shape index (κ2) is 11.9. The maximum absolute atomic E-state index is 13.6. The van der Waals surface area contributed by atoms with Gasteiger partial charge in [-0.2, -0.15) is 31.4 Å². The molecule has 48 heavy (non-hydrogen) atoms. The van der Waals surface area contributed by atoms with Gasteiger partial charge in [-0.3, -0.25) is 10.00 Å². The lowest BCUT2D eigenvalue weighted by molar-refractivity contribution is -0.143. The highest BCUT2D eigenvalue weighted by Crippen LogP contribution is 2.42. The number of benzene rings is 1. The number of hydrogen-bond acceptors (Lipinski definition) is 9. The number of anilines is 1. The third-order valence-electron chi connectivity index (χ3n) is 8.40. The second-order valence-corrected chi connectivity index (χ2v) is 11.7. The van der Waals surface area contributed by atoms with E-state index in [2.05, 4.69) is 25.1 Å². The Morgan fingerprint density at radius 1 is 1.00 bits per heavy atom. The van der Waals surface area contributed by atoms with Gasteiger partial charge < -0.3 is 19.5 Å². The quantitative estimate of drug-likeness (QED) is 0.231. The molecule has 4 aromatic rings. The molecule has 2 aliphatic rings. The summed E-state index contributed by atoms with van der Waals surface area (Å²) in [4.78, 5) is 29.7. The fourth-order valence-electron chi connectivity index (χ4n) is 5.91. The molecule has 0 aliphatic carbocycles. The number of amides is 1. The molecule has 254 valence electrons. The lowest BCUT2D eigenvalue weighted by Gasteiger charge is -2.36. The number of methoxy groups -OCH3 is 1. The summed E-state index contributed by atoms with van der Waals surface area (Å²) in [6.45, 7) is 5.40. The minimum absolute atomic E-state index is 0.0200. The first-order valence-corrected chi connectivity index (χ1v) is 14.7. The predicted molar refractivity (Wildman–Crippen MR) is 158 cm³/mol. The molecular formula is C31H29F6N7O4. The Bertz CT molecular complexity index is 1820. The largest absolute Gasteiger partial charge is 0.481 e. The van der Waals surface area contributed by atoms with Crippen LogP contribution in [0.5, 0.6) is 5.88 Å². The zero-order valence-corrected chi connectivity index (χ0v) is 25.9. The van der Waals surface area contributed by atoms with Crippen molar-refractivity contribution in [1.29, 1.82) is 0 Å². The third kappa shape index (κ3) is 6.09. The summed E-state index contributed by atoms with van der Waals surface area (Å²) < 4.78 is 92.6. The van der Waals surface area contributed by atoms with Crippen molar-refractivity contribution in [3.05, 3.63) is 70.4 Å². The normalized spacial score (nSPS) is 18.7. The van der Waals surface area contributed by atoms with Crippen LogP contribution in [0.25, 0.3) is 22.3 Å². The molecule has 0 spiro atoms. The Kier molecular flexibility index (Phi) is 8.21. The van der Waals surface area contributed by atoms with Crippen molar-refractivity contribution in [1.82, 2.24) is 30.0 Å². The lowest BCUT2D eigenvalue weighted by atomic mass is 9.97. The van der Waals surface area contributed by atoms with E-state index in [9.17, 15) is 36.2 Å². The number of rotatable bonds is 7. The van der Waals surface area contributed by atoms with Crippen molar-refractivity contribution in [2.75, 3.05) is 25.1 Å². The van der Waals surface area contributed by atoms with E-state index in [1.807, 2.05) is 13.8 Å². The number of aromatic nitrogens is 5. The van der Waals surface area contributed by atoms with Crippen LogP contribution in [-0.4, -0.2) is 73.6 Å².